The van der Waals surface area contributed by atoms with Crippen LogP contribution in [0.5, 0.6) is 0 Å². The minimum absolute atomic E-state index is 0.0430. The number of hydrogen-bond acceptors (Lipinski definition) is 3. The van der Waals surface area contributed by atoms with E-state index >= 15 is 0 Å². The van der Waals surface area contributed by atoms with Crippen molar-refractivity contribution in [3.63, 3.8) is 0 Å². The molecule has 0 spiro atoms. The van der Waals surface area contributed by atoms with Crippen LogP contribution in [0.4, 0.5) is 0 Å². The van der Waals surface area contributed by atoms with E-state index in [1.807, 2.05) is 0 Å². The summed E-state index contributed by atoms with van der Waals surface area (Å²) in [6.45, 7) is 2.06. The molecule has 0 N–H and O–H groups in total. The van der Waals surface area contributed by atoms with Crippen LogP contribution in [-0.4, -0.2) is 52.4 Å². The normalized spacial score (nSPS) is 34.5. The van der Waals surface area contributed by atoms with E-state index < -0.39 is 0 Å². The van der Waals surface area contributed by atoms with Crippen LogP contribution in [-0.2, 0) is 9.59 Å². The lowest BCUT2D eigenvalue weighted by Gasteiger charge is -2.30. The van der Waals surface area contributed by atoms with Gasteiger partial charge in [0, 0.05) is 26.3 Å². The van der Waals surface area contributed by atoms with Gasteiger partial charge in [-0.05, 0) is 13.3 Å². The molecule has 0 radical (unpaired) electrons. The number of amides is 2. The highest BCUT2D eigenvalue weighted by Crippen LogP contribution is 2.47. The molecule has 4 nitrogen and oxygen atoms in total. The molecule has 2 amide bonds. The number of carbonyl (C=O) groups excluding carboxylic acids is 2. The van der Waals surface area contributed by atoms with E-state index in [9.17, 15) is 9.59 Å². The summed E-state index contributed by atoms with van der Waals surface area (Å²) in [5.74, 6) is 0.906. The molecule has 5 heteroatoms. The van der Waals surface area contributed by atoms with Gasteiger partial charge in [0.15, 0.2) is 0 Å². The van der Waals surface area contributed by atoms with E-state index in [0.29, 0.717) is 6.42 Å². The van der Waals surface area contributed by atoms with E-state index in [-0.39, 0.29) is 22.7 Å². The average Bonchev–Trinajstić information content (AvgIpc) is 2.64. The van der Waals surface area contributed by atoms with E-state index in [0.717, 1.165) is 12.2 Å². The zero-order valence-electron chi connectivity index (χ0n) is 9.32. The third-order valence-corrected chi connectivity index (χ3v) is 4.68. The monoisotopic (exact) mass is 228 g/mol. The highest BCUT2D eigenvalue weighted by molar-refractivity contribution is 8.01. The Kier molecular flexibility index (Phi) is 2.45. The molecule has 0 saturated carbocycles. The molecular formula is C10H16N2O2S. The van der Waals surface area contributed by atoms with Crippen LogP contribution in [0.3, 0.4) is 0 Å². The summed E-state index contributed by atoms with van der Waals surface area (Å²) in [4.78, 5) is 26.9. The highest BCUT2D eigenvalue weighted by Gasteiger charge is 2.53. The number of carbonyl (C=O) groups is 2. The zero-order chi connectivity index (χ0) is 11.2. The Morgan fingerprint density at radius 3 is 2.87 bits per heavy atom. The quantitative estimate of drug-likeness (QED) is 0.657. The fourth-order valence-electron chi connectivity index (χ4n) is 2.30. The molecule has 0 aliphatic carbocycles. The van der Waals surface area contributed by atoms with Gasteiger partial charge in [0.1, 0.15) is 6.04 Å². The molecule has 0 aromatic rings. The zero-order valence-corrected chi connectivity index (χ0v) is 10.1. The predicted octanol–water partition coefficient (Wildman–Crippen LogP) is 0.529. The SMILES string of the molecule is CN(C)C(=O)C1CSC2(C)CCC(=O)N12. The first kappa shape index (κ1) is 10.8. The fraction of sp³-hybridized carbons (Fsp3) is 0.800. The van der Waals surface area contributed by atoms with Crippen LogP contribution in [0.15, 0.2) is 0 Å². The molecule has 0 aromatic carbocycles. The van der Waals surface area contributed by atoms with Gasteiger partial charge in [-0.15, -0.1) is 11.8 Å². The Morgan fingerprint density at radius 2 is 2.27 bits per heavy atom. The molecule has 2 saturated heterocycles. The van der Waals surface area contributed by atoms with Crippen molar-refractivity contribution in [2.75, 3.05) is 19.8 Å². The van der Waals surface area contributed by atoms with Crippen LogP contribution >= 0.6 is 11.8 Å². The summed E-state index contributed by atoms with van der Waals surface area (Å²) in [7, 11) is 3.48. The standard InChI is InChI=1S/C10H16N2O2S/c1-10-5-4-8(13)12(10)7(6-15-10)9(14)11(2)3/h7H,4-6H2,1-3H3. The number of thioether (sulfide) groups is 1. The fourth-order valence-corrected chi connectivity index (χ4v) is 3.72. The Bertz CT molecular complexity index is 319. The molecule has 2 heterocycles. The van der Waals surface area contributed by atoms with Gasteiger partial charge >= 0.3 is 0 Å². The highest BCUT2D eigenvalue weighted by atomic mass is 32.2. The van der Waals surface area contributed by atoms with E-state index in [1.54, 1.807) is 35.7 Å². The molecule has 15 heavy (non-hydrogen) atoms. The molecule has 84 valence electrons. The first-order valence-electron chi connectivity index (χ1n) is 5.13. The van der Waals surface area contributed by atoms with Gasteiger partial charge in [-0.25, -0.2) is 0 Å². The molecule has 2 fully saturated rings. The summed E-state index contributed by atoms with van der Waals surface area (Å²) in [5.41, 5.74) is 0. The molecule has 2 atom stereocenters. The third kappa shape index (κ3) is 1.53. The summed E-state index contributed by atoms with van der Waals surface area (Å²) in [6.07, 6.45) is 1.45. The van der Waals surface area contributed by atoms with Crippen molar-refractivity contribution in [1.29, 1.82) is 0 Å². The summed E-state index contributed by atoms with van der Waals surface area (Å²) in [6, 6.07) is -0.245. The Hall–Kier alpha value is -0.710. The minimum atomic E-state index is -0.245. The second-order valence-corrected chi connectivity index (χ2v) is 6.00. The van der Waals surface area contributed by atoms with Crippen LogP contribution in [0.1, 0.15) is 19.8 Å². The smallest absolute Gasteiger partial charge is 0.245 e. The molecule has 2 aliphatic rings. The van der Waals surface area contributed by atoms with E-state index in [1.165, 1.54) is 0 Å². The van der Waals surface area contributed by atoms with Crippen molar-refractivity contribution in [2.45, 2.75) is 30.7 Å². The third-order valence-electron chi connectivity index (χ3n) is 3.17. The van der Waals surface area contributed by atoms with Crippen LogP contribution in [0, 0.1) is 0 Å². The molecule has 0 aromatic heterocycles. The molecule has 0 bridgehead atoms. The lowest BCUT2D eigenvalue weighted by molar-refractivity contribution is -0.142. The van der Waals surface area contributed by atoms with Gasteiger partial charge in [0.2, 0.25) is 11.8 Å². The van der Waals surface area contributed by atoms with E-state index in [2.05, 4.69) is 6.92 Å². The van der Waals surface area contributed by atoms with Crippen molar-refractivity contribution in [3.05, 3.63) is 0 Å². The van der Waals surface area contributed by atoms with Gasteiger partial charge in [0.05, 0.1) is 4.87 Å². The summed E-state index contributed by atoms with van der Waals surface area (Å²) >= 11 is 1.73. The van der Waals surface area contributed by atoms with Gasteiger partial charge in [0.25, 0.3) is 0 Å². The van der Waals surface area contributed by atoms with E-state index in [4.69, 9.17) is 0 Å². The summed E-state index contributed by atoms with van der Waals surface area (Å²) < 4.78 is 0. The maximum absolute atomic E-state index is 11.9. The van der Waals surface area contributed by atoms with Crippen molar-refractivity contribution in [2.24, 2.45) is 0 Å². The Morgan fingerprint density at radius 1 is 1.60 bits per heavy atom. The lowest BCUT2D eigenvalue weighted by Crippen LogP contribution is -2.49. The van der Waals surface area contributed by atoms with Crippen molar-refractivity contribution in [1.82, 2.24) is 9.80 Å². The lowest BCUT2D eigenvalue weighted by atomic mass is 10.2. The predicted molar refractivity (Wildman–Crippen MR) is 59.4 cm³/mol. The number of nitrogens with zero attached hydrogens (tertiary/aromatic N) is 2. The van der Waals surface area contributed by atoms with Gasteiger partial charge < -0.3 is 9.80 Å². The maximum Gasteiger partial charge on any atom is 0.245 e. The molecular weight excluding hydrogens is 212 g/mol. The second kappa shape index (κ2) is 3.40. The first-order valence-corrected chi connectivity index (χ1v) is 6.11. The largest absolute Gasteiger partial charge is 0.347 e. The first-order chi connectivity index (χ1) is 6.96. The molecule has 2 unspecified atom stereocenters. The number of likely N-dealkylation sites (N-methyl/N-ethyl adjacent to an activating group) is 1. The van der Waals surface area contributed by atoms with Crippen molar-refractivity contribution < 1.29 is 9.59 Å². The van der Waals surface area contributed by atoms with Crippen LogP contribution in [0.25, 0.3) is 0 Å². The van der Waals surface area contributed by atoms with Crippen LogP contribution < -0.4 is 0 Å². The van der Waals surface area contributed by atoms with Gasteiger partial charge in [-0.1, -0.05) is 0 Å². The van der Waals surface area contributed by atoms with Crippen molar-refractivity contribution in [3.8, 4) is 0 Å². The maximum atomic E-state index is 11.9. The Balaban J connectivity index is 2.23. The topological polar surface area (TPSA) is 40.6 Å². The van der Waals surface area contributed by atoms with Crippen molar-refractivity contribution >= 4 is 23.6 Å². The number of hydrogen-bond donors (Lipinski definition) is 0. The number of fused-ring (bicyclic) bond motifs is 1. The molecule has 2 rings (SSSR count). The van der Waals surface area contributed by atoms with Gasteiger partial charge in [-0.2, -0.15) is 0 Å². The number of rotatable bonds is 1. The Labute approximate surface area is 94.0 Å². The summed E-state index contributed by atoms with van der Waals surface area (Å²) in [5, 5.41) is 0. The van der Waals surface area contributed by atoms with Gasteiger partial charge in [-0.3, -0.25) is 9.59 Å². The van der Waals surface area contributed by atoms with Crippen LogP contribution in [0.2, 0.25) is 0 Å². The molecule has 2 aliphatic heterocycles. The minimum Gasteiger partial charge on any atom is -0.347 e. The second-order valence-electron chi connectivity index (χ2n) is 4.50. The average molecular weight is 228 g/mol.